The molecule has 0 aliphatic rings. The van der Waals surface area contributed by atoms with Gasteiger partial charge in [-0.3, -0.25) is 0 Å². The highest BCUT2D eigenvalue weighted by molar-refractivity contribution is 9.10. The van der Waals surface area contributed by atoms with Gasteiger partial charge < -0.3 is 0 Å². The van der Waals surface area contributed by atoms with E-state index in [0.717, 1.165) is 0 Å². The smallest absolute Gasteiger partial charge is 0.136 e. The van der Waals surface area contributed by atoms with Crippen molar-refractivity contribution in [2.24, 2.45) is 0 Å². The zero-order valence-corrected chi connectivity index (χ0v) is 9.48. The Morgan fingerprint density at radius 1 is 1.33 bits per heavy atom. The van der Waals surface area contributed by atoms with Crippen LogP contribution in [0.3, 0.4) is 0 Å². The van der Waals surface area contributed by atoms with E-state index in [1.54, 1.807) is 0 Å². The van der Waals surface area contributed by atoms with Gasteiger partial charge in [-0.05, 0) is 12.1 Å². The lowest BCUT2D eigenvalue weighted by Gasteiger charge is -2.06. The van der Waals surface area contributed by atoms with Crippen molar-refractivity contribution in [2.75, 3.05) is 0 Å². The van der Waals surface area contributed by atoms with Gasteiger partial charge in [-0.25, -0.2) is 4.39 Å². The van der Waals surface area contributed by atoms with E-state index < -0.39 is 10.7 Å². The number of rotatable bonds is 1. The molecule has 12 heavy (non-hydrogen) atoms. The van der Waals surface area contributed by atoms with Crippen LogP contribution in [-0.4, -0.2) is 0 Å². The SMILES string of the molecule is Fc1cc(Cl)cc(Br)c1C(Cl)Cl. The second kappa shape index (κ2) is 4.14. The van der Waals surface area contributed by atoms with Crippen LogP contribution in [0, 0.1) is 5.82 Å². The predicted molar refractivity (Wildman–Crippen MR) is 53.6 cm³/mol. The van der Waals surface area contributed by atoms with Gasteiger partial charge in [-0.1, -0.05) is 50.7 Å². The summed E-state index contributed by atoms with van der Waals surface area (Å²) in [5.74, 6) is -0.510. The molecular formula is C7H3BrCl3F. The predicted octanol–water partition coefficient (Wildman–Crippen LogP) is 4.72. The Balaban J connectivity index is 3.28. The highest BCUT2D eigenvalue weighted by Gasteiger charge is 2.14. The third-order valence-electron chi connectivity index (χ3n) is 1.26. The minimum absolute atomic E-state index is 0.211. The average Bonchev–Trinajstić information content (AvgIpc) is 1.82. The van der Waals surface area contributed by atoms with Crippen molar-refractivity contribution in [1.82, 2.24) is 0 Å². The van der Waals surface area contributed by atoms with Gasteiger partial charge in [-0.15, -0.1) is 0 Å². The largest absolute Gasteiger partial charge is 0.206 e. The summed E-state index contributed by atoms with van der Waals surface area (Å²) >= 11 is 19.7. The van der Waals surface area contributed by atoms with E-state index in [1.807, 2.05) is 0 Å². The highest BCUT2D eigenvalue weighted by atomic mass is 79.9. The zero-order chi connectivity index (χ0) is 9.30. The summed E-state index contributed by atoms with van der Waals surface area (Å²) in [5.41, 5.74) is 0.211. The van der Waals surface area contributed by atoms with Crippen LogP contribution in [0.15, 0.2) is 16.6 Å². The molecule has 0 saturated heterocycles. The number of halogens is 5. The maximum atomic E-state index is 13.1. The molecule has 0 atom stereocenters. The van der Waals surface area contributed by atoms with Gasteiger partial charge in [0.05, 0.1) is 0 Å². The quantitative estimate of drug-likeness (QED) is 0.657. The Morgan fingerprint density at radius 3 is 2.33 bits per heavy atom. The van der Waals surface area contributed by atoms with E-state index in [4.69, 9.17) is 34.8 Å². The summed E-state index contributed by atoms with van der Waals surface area (Å²) in [6.07, 6.45) is 0. The lowest BCUT2D eigenvalue weighted by atomic mass is 10.2. The maximum Gasteiger partial charge on any atom is 0.136 e. The Labute approximate surface area is 92.7 Å². The number of hydrogen-bond acceptors (Lipinski definition) is 0. The fraction of sp³-hybridized carbons (Fsp3) is 0.143. The molecule has 0 spiro atoms. The molecule has 0 aliphatic carbocycles. The van der Waals surface area contributed by atoms with Crippen LogP contribution in [0.4, 0.5) is 4.39 Å². The molecule has 0 N–H and O–H groups in total. The summed E-state index contributed by atoms with van der Waals surface area (Å²) in [6.45, 7) is 0. The highest BCUT2D eigenvalue weighted by Crippen LogP contribution is 2.35. The minimum atomic E-state index is -0.892. The molecule has 1 aromatic carbocycles. The minimum Gasteiger partial charge on any atom is -0.206 e. The monoisotopic (exact) mass is 290 g/mol. The van der Waals surface area contributed by atoms with Crippen LogP contribution in [0.2, 0.25) is 5.02 Å². The first-order valence-electron chi connectivity index (χ1n) is 2.95. The summed E-state index contributed by atoms with van der Waals surface area (Å²) in [4.78, 5) is -0.892. The van der Waals surface area contributed by atoms with Crippen molar-refractivity contribution < 1.29 is 4.39 Å². The normalized spacial score (nSPS) is 10.8. The molecule has 0 fully saturated rings. The molecule has 0 heterocycles. The van der Waals surface area contributed by atoms with E-state index in [1.165, 1.54) is 12.1 Å². The molecule has 0 unspecified atom stereocenters. The van der Waals surface area contributed by atoms with E-state index in [-0.39, 0.29) is 5.56 Å². The topological polar surface area (TPSA) is 0 Å². The van der Waals surface area contributed by atoms with Crippen LogP contribution < -0.4 is 0 Å². The second-order valence-corrected chi connectivity index (χ2v) is 4.47. The molecule has 0 bridgehead atoms. The second-order valence-electron chi connectivity index (χ2n) is 2.08. The fourth-order valence-corrected chi connectivity index (χ4v) is 2.47. The third kappa shape index (κ3) is 2.25. The van der Waals surface area contributed by atoms with E-state index in [0.29, 0.717) is 9.50 Å². The van der Waals surface area contributed by atoms with E-state index in [2.05, 4.69) is 15.9 Å². The summed E-state index contributed by atoms with van der Waals surface area (Å²) in [5, 5.41) is 0.303. The van der Waals surface area contributed by atoms with Gasteiger partial charge in [0.25, 0.3) is 0 Å². The van der Waals surface area contributed by atoms with Gasteiger partial charge in [0, 0.05) is 15.1 Å². The molecule has 1 rings (SSSR count). The Bertz CT molecular complexity index is 278. The maximum absolute atomic E-state index is 13.1. The molecule has 0 aliphatic heterocycles. The Kier molecular flexibility index (Phi) is 3.65. The number of hydrogen-bond donors (Lipinski definition) is 0. The van der Waals surface area contributed by atoms with Gasteiger partial charge in [0.2, 0.25) is 0 Å². The lowest BCUT2D eigenvalue weighted by molar-refractivity contribution is 0.614. The van der Waals surface area contributed by atoms with Crippen LogP contribution in [-0.2, 0) is 0 Å². The molecular weight excluding hydrogens is 289 g/mol. The van der Waals surface area contributed by atoms with Gasteiger partial charge >= 0.3 is 0 Å². The van der Waals surface area contributed by atoms with Crippen LogP contribution in [0.5, 0.6) is 0 Å². The molecule has 0 aromatic heterocycles. The summed E-state index contributed by atoms with van der Waals surface area (Å²) in [7, 11) is 0. The molecule has 1 aromatic rings. The molecule has 66 valence electrons. The molecule has 0 saturated carbocycles. The van der Waals surface area contributed by atoms with Gasteiger partial charge in [-0.2, -0.15) is 0 Å². The first-order valence-corrected chi connectivity index (χ1v) is 4.99. The van der Waals surface area contributed by atoms with Crippen molar-refractivity contribution in [3.05, 3.63) is 33.0 Å². The fourth-order valence-electron chi connectivity index (χ4n) is 0.762. The Hall–Kier alpha value is 0.500. The first kappa shape index (κ1) is 10.6. The average molecular weight is 292 g/mol. The number of benzene rings is 1. The zero-order valence-electron chi connectivity index (χ0n) is 5.62. The van der Waals surface area contributed by atoms with Crippen LogP contribution >= 0.6 is 50.7 Å². The summed E-state index contributed by atoms with van der Waals surface area (Å²) in [6, 6.07) is 2.71. The van der Waals surface area contributed by atoms with Crippen LogP contribution in [0.1, 0.15) is 10.4 Å². The van der Waals surface area contributed by atoms with Gasteiger partial charge in [0.15, 0.2) is 0 Å². The lowest BCUT2D eigenvalue weighted by Crippen LogP contribution is -1.90. The third-order valence-corrected chi connectivity index (χ3v) is 2.57. The van der Waals surface area contributed by atoms with Gasteiger partial charge in [0.1, 0.15) is 10.7 Å². The van der Waals surface area contributed by atoms with Crippen molar-refractivity contribution in [3.8, 4) is 0 Å². The number of alkyl halides is 2. The van der Waals surface area contributed by atoms with Crippen molar-refractivity contribution >= 4 is 50.7 Å². The van der Waals surface area contributed by atoms with Crippen molar-refractivity contribution in [2.45, 2.75) is 4.84 Å². The van der Waals surface area contributed by atoms with E-state index in [9.17, 15) is 4.39 Å². The Morgan fingerprint density at radius 2 is 1.92 bits per heavy atom. The molecule has 0 radical (unpaired) electrons. The molecule has 0 nitrogen and oxygen atoms in total. The van der Waals surface area contributed by atoms with Crippen LogP contribution in [0.25, 0.3) is 0 Å². The molecule has 0 amide bonds. The standard InChI is InChI=1S/C7H3BrCl3F/c8-4-1-3(9)2-5(12)6(4)7(10)11/h1-2,7H. The van der Waals surface area contributed by atoms with Crippen molar-refractivity contribution in [1.29, 1.82) is 0 Å². The summed E-state index contributed by atoms with van der Waals surface area (Å²) < 4.78 is 13.6. The van der Waals surface area contributed by atoms with Crippen molar-refractivity contribution in [3.63, 3.8) is 0 Å². The molecule has 5 heteroatoms. The first-order chi connectivity index (χ1) is 5.52. The van der Waals surface area contributed by atoms with E-state index >= 15 is 0 Å².